The lowest BCUT2D eigenvalue weighted by Crippen LogP contribution is -2.29. The van der Waals surface area contributed by atoms with Gasteiger partial charge in [0.1, 0.15) is 17.6 Å². The minimum Gasteiger partial charge on any atom is -0.497 e. The molecule has 29 heavy (non-hydrogen) atoms. The van der Waals surface area contributed by atoms with E-state index in [4.69, 9.17) is 9.47 Å². The van der Waals surface area contributed by atoms with E-state index in [9.17, 15) is 0 Å². The summed E-state index contributed by atoms with van der Waals surface area (Å²) in [7, 11) is 1.68. The van der Waals surface area contributed by atoms with Crippen LogP contribution in [0.3, 0.4) is 0 Å². The molecule has 168 valence electrons. The Morgan fingerprint density at radius 3 is 1.62 bits per heavy atom. The van der Waals surface area contributed by atoms with Gasteiger partial charge >= 0.3 is 0 Å². The van der Waals surface area contributed by atoms with Gasteiger partial charge in [-0.25, -0.2) is 0 Å². The number of unbranched alkanes of at least 4 members (excludes halogenated alkanes) is 13. The van der Waals surface area contributed by atoms with Crippen LogP contribution in [0.2, 0.25) is 0 Å². The smallest absolute Gasteiger partial charge is 0.120 e. The quantitative estimate of drug-likeness (QED) is 0.227. The fraction of sp³-hybridized carbons (Fsp3) is 0.769. The largest absolute Gasteiger partial charge is 0.497 e. The third-order valence-corrected chi connectivity index (χ3v) is 5.54. The van der Waals surface area contributed by atoms with E-state index in [1.54, 1.807) is 7.11 Å². The van der Waals surface area contributed by atoms with Crippen LogP contribution in [-0.4, -0.2) is 26.3 Å². The highest BCUT2D eigenvalue weighted by Gasteiger charge is 2.03. The van der Waals surface area contributed by atoms with Crippen molar-refractivity contribution in [1.29, 1.82) is 0 Å². The molecule has 1 atom stereocenters. The molecule has 1 N–H and O–H groups in total. The summed E-state index contributed by atoms with van der Waals surface area (Å²) in [4.78, 5) is 0. The van der Waals surface area contributed by atoms with Crippen molar-refractivity contribution in [1.82, 2.24) is 5.32 Å². The van der Waals surface area contributed by atoms with E-state index >= 15 is 0 Å². The summed E-state index contributed by atoms with van der Waals surface area (Å²) in [5.74, 6) is 1.76. The number of nitrogens with one attached hydrogen (secondary N) is 1. The molecule has 0 aliphatic rings. The molecule has 0 aliphatic carbocycles. The molecule has 0 radical (unpaired) electrons. The summed E-state index contributed by atoms with van der Waals surface area (Å²) in [5, 5.41) is 3.52. The maximum Gasteiger partial charge on any atom is 0.120 e. The Bertz CT molecular complexity index is 460. The van der Waals surface area contributed by atoms with Crippen molar-refractivity contribution in [3.63, 3.8) is 0 Å². The summed E-state index contributed by atoms with van der Waals surface area (Å²) >= 11 is 0. The number of ether oxygens (including phenoxy) is 2. The summed E-state index contributed by atoms with van der Waals surface area (Å²) in [5.41, 5.74) is 0. The second-order valence-electron chi connectivity index (χ2n) is 8.40. The molecule has 0 amide bonds. The lowest BCUT2D eigenvalue weighted by atomic mass is 10.0. The van der Waals surface area contributed by atoms with Crippen LogP contribution < -0.4 is 14.8 Å². The van der Waals surface area contributed by atoms with E-state index in [1.807, 2.05) is 24.3 Å². The molecule has 0 saturated carbocycles. The molecular formula is C26H47NO2. The van der Waals surface area contributed by atoms with E-state index in [2.05, 4.69) is 19.2 Å². The Morgan fingerprint density at radius 1 is 0.690 bits per heavy atom. The standard InChI is InChI=1S/C26H47NO2/c1-4-5-6-7-8-9-10-11-12-13-14-15-16-17-22-27-23-24(2)29-26-20-18-25(28-3)19-21-26/h18-21,24,27H,4-17,22-23H2,1-3H3. The fourth-order valence-electron chi connectivity index (χ4n) is 3.68. The third kappa shape index (κ3) is 15.3. The molecule has 3 nitrogen and oxygen atoms in total. The van der Waals surface area contributed by atoms with E-state index in [0.29, 0.717) is 0 Å². The zero-order chi connectivity index (χ0) is 21.0. The van der Waals surface area contributed by atoms with Crippen molar-refractivity contribution in [2.45, 2.75) is 110 Å². The molecule has 0 bridgehead atoms. The van der Waals surface area contributed by atoms with Crippen LogP contribution in [0, 0.1) is 0 Å². The van der Waals surface area contributed by atoms with Gasteiger partial charge in [-0.1, -0.05) is 90.4 Å². The normalized spacial score (nSPS) is 12.1. The summed E-state index contributed by atoms with van der Waals surface area (Å²) in [6.07, 6.45) is 19.9. The number of rotatable bonds is 20. The highest BCUT2D eigenvalue weighted by Crippen LogP contribution is 2.18. The molecule has 3 heteroatoms. The lowest BCUT2D eigenvalue weighted by molar-refractivity contribution is 0.217. The maximum atomic E-state index is 5.92. The molecule has 0 spiro atoms. The van der Waals surface area contributed by atoms with E-state index in [0.717, 1.165) is 24.6 Å². The molecule has 1 unspecified atom stereocenters. The maximum absolute atomic E-state index is 5.92. The second-order valence-corrected chi connectivity index (χ2v) is 8.40. The fourth-order valence-corrected chi connectivity index (χ4v) is 3.68. The number of methoxy groups -OCH3 is 1. The highest BCUT2D eigenvalue weighted by molar-refractivity contribution is 5.31. The molecule has 0 fully saturated rings. The van der Waals surface area contributed by atoms with Crippen LogP contribution in [0.1, 0.15) is 104 Å². The molecule has 0 aliphatic heterocycles. The SMILES string of the molecule is CCCCCCCCCCCCCCCCNCC(C)Oc1ccc(OC)cc1. The predicted octanol–water partition coefficient (Wildman–Crippen LogP) is 7.53. The van der Waals surface area contributed by atoms with Crippen LogP contribution in [-0.2, 0) is 0 Å². The zero-order valence-electron chi connectivity index (χ0n) is 19.5. The van der Waals surface area contributed by atoms with Crippen molar-refractivity contribution in [2.75, 3.05) is 20.2 Å². The van der Waals surface area contributed by atoms with Crippen molar-refractivity contribution < 1.29 is 9.47 Å². The first-order chi connectivity index (χ1) is 14.3. The molecule has 1 rings (SSSR count). The van der Waals surface area contributed by atoms with Crippen molar-refractivity contribution in [3.05, 3.63) is 24.3 Å². The molecule has 1 aromatic rings. The number of benzene rings is 1. The van der Waals surface area contributed by atoms with Crippen LogP contribution in [0.25, 0.3) is 0 Å². The van der Waals surface area contributed by atoms with Crippen LogP contribution >= 0.6 is 0 Å². The first-order valence-electron chi connectivity index (χ1n) is 12.3. The summed E-state index contributed by atoms with van der Waals surface area (Å²) in [6, 6.07) is 7.79. The van der Waals surface area contributed by atoms with Gasteiger partial charge in [0.2, 0.25) is 0 Å². The van der Waals surface area contributed by atoms with Gasteiger partial charge in [-0.2, -0.15) is 0 Å². The van der Waals surface area contributed by atoms with Gasteiger partial charge in [0, 0.05) is 6.54 Å². The lowest BCUT2D eigenvalue weighted by Gasteiger charge is -2.15. The average molecular weight is 406 g/mol. The Morgan fingerprint density at radius 2 is 1.14 bits per heavy atom. The molecule has 0 saturated heterocycles. The Kier molecular flexibility index (Phi) is 16.7. The van der Waals surface area contributed by atoms with E-state index < -0.39 is 0 Å². The van der Waals surface area contributed by atoms with Crippen molar-refractivity contribution in [2.24, 2.45) is 0 Å². The summed E-state index contributed by atoms with van der Waals surface area (Å²) < 4.78 is 11.1. The van der Waals surface area contributed by atoms with Crippen molar-refractivity contribution >= 4 is 0 Å². The van der Waals surface area contributed by atoms with E-state index in [1.165, 1.54) is 89.9 Å². The third-order valence-electron chi connectivity index (χ3n) is 5.54. The van der Waals surface area contributed by atoms with Gasteiger partial charge in [0.05, 0.1) is 7.11 Å². The number of hydrogen-bond donors (Lipinski definition) is 1. The average Bonchev–Trinajstić information content (AvgIpc) is 2.74. The first kappa shape index (κ1) is 25.8. The molecule has 0 aromatic heterocycles. The topological polar surface area (TPSA) is 30.5 Å². The Balaban J connectivity index is 1.81. The Labute approximate surface area is 181 Å². The molecular weight excluding hydrogens is 358 g/mol. The minimum atomic E-state index is 0.176. The monoisotopic (exact) mass is 405 g/mol. The van der Waals surface area contributed by atoms with Gasteiger partial charge in [-0.05, 0) is 44.2 Å². The van der Waals surface area contributed by atoms with Crippen LogP contribution in [0.5, 0.6) is 11.5 Å². The van der Waals surface area contributed by atoms with Gasteiger partial charge < -0.3 is 14.8 Å². The van der Waals surface area contributed by atoms with Gasteiger partial charge in [0.15, 0.2) is 0 Å². The molecule has 0 heterocycles. The highest BCUT2D eigenvalue weighted by atomic mass is 16.5. The molecule has 1 aromatic carbocycles. The van der Waals surface area contributed by atoms with E-state index in [-0.39, 0.29) is 6.10 Å². The second kappa shape index (κ2) is 18.8. The van der Waals surface area contributed by atoms with Gasteiger partial charge in [-0.15, -0.1) is 0 Å². The number of hydrogen-bond acceptors (Lipinski definition) is 3. The Hall–Kier alpha value is -1.22. The zero-order valence-corrected chi connectivity index (χ0v) is 19.5. The minimum absolute atomic E-state index is 0.176. The summed E-state index contributed by atoms with van der Waals surface area (Å²) in [6.45, 7) is 6.39. The van der Waals surface area contributed by atoms with Gasteiger partial charge in [0.25, 0.3) is 0 Å². The first-order valence-corrected chi connectivity index (χ1v) is 12.3. The van der Waals surface area contributed by atoms with Crippen molar-refractivity contribution in [3.8, 4) is 11.5 Å². The van der Waals surface area contributed by atoms with Crippen LogP contribution in [0.15, 0.2) is 24.3 Å². The van der Waals surface area contributed by atoms with Crippen LogP contribution in [0.4, 0.5) is 0 Å². The predicted molar refractivity (Wildman–Crippen MR) is 126 cm³/mol. The van der Waals surface area contributed by atoms with Gasteiger partial charge in [-0.3, -0.25) is 0 Å².